The molecule has 0 spiro atoms. The summed E-state index contributed by atoms with van der Waals surface area (Å²) in [7, 11) is -16.7. The number of unbranched alkanes of at least 4 members (excludes halogenated alkanes) is 1. The molecule has 204 valence electrons. The van der Waals surface area contributed by atoms with Crippen molar-refractivity contribution in [1.82, 2.24) is 19.5 Å². The van der Waals surface area contributed by atoms with Gasteiger partial charge in [0.15, 0.2) is 23.2 Å². The van der Waals surface area contributed by atoms with Crippen molar-refractivity contribution in [2.75, 3.05) is 25.0 Å². The molecule has 0 saturated carbocycles. The predicted octanol–water partition coefficient (Wildman–Crippen LogP) is -1.06. The molecule has 0 radical (unpaired) electrons. The summed E-state index contributed by atoms with van der Waals surface area (Å²) in [5.74, 6) is 0.410. The van der Waals surface area contributed by atoms with Gasteiger partial charge in [-0.2, -0.15) is 8.62 Å². The fraction of sp³-hybridized carbons (Fsp3) is 0.643. The van der Waals surface area contributed by atoms with Crippen LogP contribution in [0.25, 0.3) is 11.2 Å². The average Bonchev–Trinajstić information content (AvgIpc) is 3.29. The second-order valence-electron chi connectivity index (χ2n) is 7.40. The molecular weight excluding hydrogens is 553 g/mol. The van der Waals surface area contributed by atoms with E-state index in [0.29, 0.717) is 24.4 Å². The van der Waals surface area contributed by atoms with Crippen molar-refractivity contribution in [2.45, 2.75) is 37.4 Å². The minimum Gasteiger partial charge on any atom is -0.387 e. The number of rotatable bonds is 13. The summed E-state index contributed by atoms with van der Waals surface area (Å²) < 4.78 is 52.5. The Morgan fingerprint density at radius 1 is 1.03 bits per heavy atom. The summed E-state index contributed by atoms with van der Waals surface area (Å²) in [6, 6.07) is 0. The normalized spacial score (nSPS) is 26.1. The molecule has 9 N–H and O–H groups in total. The van der Waals surface area contributed by atoms with Crippen molar-refractivity contribution < 1.29 is 61.4 Å². The first kappa shape index (κ1) is 29.2. The summed E-state index contributed by atoms with van der Waals surface area (Å²) >= 11 is 0. The van der Waals surface area contributed by atoms with Gasteiger partial charge in [-0.15, -0.1) is 0 Å². The molecule has 1 aliphatic rings. The van der Waals surface area contributed by atoms with Gasteiger partial charge in [-0.1, -0.05) is 0 Å². The third-order valence-corrected chi connectivity index (χ3v) is 8.51. The van der Waals surface area contributed by atoms with E-state index in [1.807, 2.05) is 0 Å². The van der Waals surface area contributed by atoms with Crippen LogP contribution in [-0.2, 0) is 31.6 Å². The Labute approximate surface area is 202 Å². The lowest BCUT2D eigenvalue weighted by atomic mass is 10.1. The second-order valence-corrected chi connectivity index (χ2v) is 11.8. The summed E-state index contributed by atoms with van der Waals surface area (Å²) in [6.45, 7) is 0.159. The second kappa shape index (κ2) is 11.6. The van der Waals surface area contributed by atoms with Crippen LogP contribution < -0.4 is 11.1 Å². The van der Waals surface area contributed by atoms with Crippen molar-refractivity contribution in [1.29, 1.82) is 0 Å². The number of fused-ring (bicyclic) bond motifs is 1. The van der Waals surface area contributed by atoms with Gasteiger partial charge in [0.2, 0.25) is 0 Å². The number of anilines is 1. The van der Waals surface area contributed by atoms with Crippen molar-refractivity contribution in [3.8, 4) is 0 Å². The number of nitrogens with zero attached hydrogens (tertiary/aromatic N) is 4. The molecule has 2 aromatic rings. The molecule has 6 unspecified atom stereocenters. The van der Waals surface area contributed by atoms with E-state index in [0.717, 1.165) is 12.8 Å². The van der Waals surface area contributed by atoms with E-state index < -0.39 is 54.6 Å². The molecule has 3 rings (SSSR count). The van der Waals surface area contributed by atoms with Gasteiger partial charge in [-0.3, -0.25) is 9.09 Å². The molecule has 6 atom stereocenters. The molecule has 36 heavy (non-hydrogen) atoms. The van der Waals surface area contributed by atoms with E-state index in [2.05, 4.69) is 33.4 Å². The maximum atomic E-state index is 11.9. The van der Waals surface area contributed by atoms with E-state index in [-0.39, 0.29) is 5.65 Å². The Hall–Kier alpha value is -1.40. The van der Waals surface area contributed by atoms with Crippen molar-refractivity contribution in [3.05, 3.63) is 12.7 Å². The maximum absolute atomic E-state index is 11.9. The van der Waals surface area contributed by atoms with Crippen LogP contribution in [0.5, 0.6) is 0 Å². The number of nitrogens with one attached hydrogen (secondary N) is 1. The lowest BCUT2D eigenvalue weighted by molar-refractivity contribution is -0.0503. The number of aliphatic hydroxyl groups excluding tert-OH is 2. The lowest BCUT2D eigenvalue weighted by Gasteiger charge is -2.19. The molecule has 0 aliphatic carbocycles. The number of nitrogens with two attached hydrogens (primary N) is 1. The smallest absolute Gasteiger partial charge is 0.387 e. The molecule has 2 aromatic heterocycles. The number of ether oxygens (including phenoxy) is 1. The first-order valence-corrected chi connectivity index (χ1v) is 14.7. The molecular formula is C14H25N6O13P3. The van der Waals surface area contributed by atoms with Gasteiger partial charge in [0.1, 0.15) is 24.6 Å². The Bertz CT molecular complexity index is 1190. The average molecular weight is 578 g/mol. The molecule has 0 aromatic carbocycles. The van der Waals surface area contributed by atoms with E-state index >= 15 is 0 Å². The molecule has 0 amide bonds. The molecule has 19 nitrogen and oxygen atoms in total. The maximum Gasteiger partial charge on any atom is 0.490 e. The van der Waals surface area contributed by atoms with Crippen molar-refractivity contribution in [3.63, 3.8) is 0 Å². The van der Waals surface area contributed by atoms with Crippen molar-refractivity contribution in [2.24, 2.45) is 5.73 Å². The SMILES string of the molecule is NCCCCNc1ncnc2c1ncn2C1OC(COP(=O)(O)OP(=O)(O)OP(=O)(O)O)C(O)C1O. The largest absolute Gasteiger partial charge is 0.490 e. The lowest BCUT2D eigenvalue weighted by Crippen LogP contribution is -2.33. The van der Waals surface area contributed by atoms with E-state index in [9.17, 15) is 33.7 Å². The third kappa shape index (κ3) is 7.56. The monoisotopic (exact) mass is 578 g/mol. The number of aliphatic hydroxyl groups is 2. The van der Waals surface area contributed by atoms with Gasteiger partial charge in [-0.05, 0) is 19.4 Å². The number of phosphoric ester groups is 1. The third-order valence-electron chi connectivity index (χ3n) is 4.71. The molecule has 1 fully saturated rings. The Balaban J connectivity index is 1.68. The van der Waals surface area contributed by atoms with E-state index in [1.165, 1.54) is 17.2 Å². The predicted molar refractivity (Wildman–Crippen MR) is 118 cm³/mol. The van der Waals surface area contributed by atoms with Crippen LogP contribution in [0, 0.1) is 0 Å². The Morgan fingerprint density at radius 2 is 1.75 bits per heavy atom. The molecule has 0 bridgehead atoms. The van der Waals surface area contributed by atoms with Gasteiger partial charge in [0.05, 0.1) is 12.9 Å². The van der Waals surface area contributed by atoms with Gasteiger partial charge in [0, 0.05) is 6.54 Å². The summed E-state index contributed by atoms with van der Waals surface area (Å²) in [4.78, 5) is 48.3. The molecule has 22 heteroatoms. The number of hydrogen-bond acceptors (Lipinski definition) is 14. The summed E-state index contributed by atoms with van der Waals surface area (Å²) in [5.41, 5.74) is 6.04. The highest BCUT2D eigenvalue weighted by Crippen LogP contribution is 2.66. The standard InChI is InChI=1S/C14H25N6O13P3/c15-3-1-2-4-16-12-9-13(18-6-17-12)20(7-19-9)14-11(22)10(21)8(31-14)5-30-35(26,27)33-36(28,29)32-34(23,24)25/h6-8,10-11,14,21-22H,1-5,15H2,(H,26,27)(H,28,29)(H,16,17,18)(H2,23,24,25). The van der Waals surface area contributed by atoms with Crippen LogP contribution in [0.2, 0.25) is 0 Å². The highest BCUT2D eigenvalue weighted by molar-refractivity contribution is 7.66. The van der Waals surface area contributed by atoms with Gasteiger partial charge in [-0.25, -0.2) is 28.6 Å². The van der Waals surface area contributed by atoms with Crippen LogP contribution in [0.1, 0.15) is 19.1 Å². The van der Waals surface area contributed by atoms with Crippen LogP contribution in [0.15, 0.2) is 12.7 Å². The van der Waals surface area contributed by atoms with Crippen molar-refractivity contribution >= 4 is 40.4 Å². The van der Waals surface area contributed by atoms with Gasteiger partial charge < -0.3 is 45.6 Å². The molecule has 1 saturated heterocycles. The molecule has 1 aliphatic heterocycles. The topological polar surface area (TPSA) is 291 Å². The van der Waals surface area contributed by atoms with Crippen LogP contribution in [0.4, 0.5) is 5.82 Å². The summed E-state index contributed by atoms with van der Waals surface area (Å²) in [6.07, 6.45) is -1.88. The van der Waals surface area contributed by atoms with E-state index in [1.54, 1.807) is 0 Å². The molecule has 3 heterocycles. The summed E-state index contributed by atoms with van der Waals surface area (Å²) in [5, 5.41) is 23.9. The van der Waals surface area contributed by atoms with Crippen LogP contribution in [0.3, 0.4) is 0 Å². The van der Waals surface area contributed by atoms with Gasteiger partial charge >= 0.3 is 23.5 Å². The Kier molecular flexibility index (Phi) is 9.36. The van der Waals surface area contributed by atoms with Gasteiger partial charge in [0.25, 0.3) is 0 Å². The van der Waals surface area contributed by atoms with Crippen LogP contribution >= 0.6 is 23.5 Å². The first-order chi connectivity index (χ1) is 16.7. The zero-order valence-corrected chi connectivity index (χ0v) is 20.9. The number of hydrogen-bond donors (Lipinski definition) is 8. The number of aromatic nitrogens is 4. The quantitative estimate of drug-likeness (QED) is 0.104. The minimum absolute atomic E-state index is 0.233. The number of imidazole rings is 1. The fourth-order valence-electron chi connectivity index (χ4n) is 3.21. The fourth-order valence-corrected chi connectivity index (χ4v) is 6.24. The highest BCUT2D eigenvalue weighted by atomic mass is 31.3. The van der Waals surface area contributed by atoms with Crippen LogP contribution in [-0.4, -0.2) is 87.3 Å². The first-order valence-electron chi connectivity index (χ1n) is 10.1. The van der Waals surface area contributed by atoms with E-state index in [4.69, 9.17) is 20.3 Å². The zero-order chi connectivity index (χ0) is 26.7. The number of phosphoric acid groups is 3. The zero-order valence-electron chi connectivity index (χ0n) is 18.2. The highest BCUT2D eigenvalue weighted by Gasteiger charge is 2.47. The Morgan fingerprint density at radius 3 is 2.42 bits per heavy atom. The minimum atomic E-state index is -5.71.